The topological polar surface area (TPSA) is 54.0 Å². The van der Waals surface area contributed by atoms with Crippen LogP contribution in [-0.2, 0) is 23.4 Å². The van der Waals surface area contributed by atoms with Crippen molar-refractivity contribution in [3.8, 4) is 0 Å². The van der Waals surface area contributed by atoms with Gasteiger partial charge in [0.1, 0.15) is 12.2 Å². The van der Waals surface area contributed by atoms with Crippen LogP contribution in [0.15, 0.2) is 0 Å². The van der Waals surface area contributed by atoms with E-state index in [1.165, 1.54) is 26.2 Å². The Kier molecular flexibility index (Phi) is 7.33. The number of hydrogen-bond acceptors (Lipinski definition) is 5. The van der Waals surface area contributed by atoms with Crippen molar-refractivity contribution in [3.63, 3.8) is 0 Å². The van der Waals surface area contributed by atoms with Crippen molar-refractivity contribution in [1.29, 1.82) is 0 Å². The van der Waals surface area contributed by atoms with Crippen LogP contribution >= 0.6 is 0 Å². The van der Waals surface area contributed by atoms with E-state index in [1.54, 1.807) is 0 Å². The molecular formula is C20H38O5Si. The van der Waals surface area contributed by atoms with E-state index in [2.05, 4.69) is 33.9 Å². The molecule has 0 radical (unpaired) electrons. The molecule has 1 heterocycles. The zero-order valence-electron chi connectivity index (χ0n) is 17.7. The van der Waals surface area contributed by atoms with E-state index in [-0.39, 0.29) is 41.7 Å². The van der Waals surface area contributed by atoms with Gasteiger partial charge < -0.3 is 18.6 Å². The smallest absolute Gasteiger partial charge is 0.302 e. The van der Waals surface area contributed by atoms with Crippen LogP contribution in [0.4, 0.5) is 0 Å². The van der Waals surface area contributed by atoms with Crippen LogP contribution in [0.2, 0.25) is 18.1 Å². The average molecular weight is 387 g/mol. The van der Waals surface area contributed by atoms with Gasteiger partial charge in [0.2, 0.25) is 0 Å². The summed E-state index contributed by atoms with van der Waals surface area (Å²) < 4.78 is 24.6. The normalized spacial score (nSPS) is 31.7. The molecule has 0 bridgehead atoms. The first-order valence-corrected chi connectivity index (χ1v) is 13.1. The summed E-state index contributed by atoms with van der Waals surface area (Å²) in [5, 5.41) is 0.0862. The van der Waals surface area contributed by atoms with Crippen molar-refractivity contribution < 1.29 is 23.4 Å². The van der Waals surface area contributed by atoms with E-state index in [9.17, 15) is 4.79 Å². The number of ether oxygens (including phenoxy) is 3. The van der Waals surface area contributed by atoms with E-state index in [0.29, 0.717) is 6.42 Å². The number of hydrogen-bond donors (Lipinski definition) is 0. The second kappa shape index (κ2) is 8.72. The standard InChI is InChI=1S/C20H38O5Si/c1-14-19(25-26(6,7)20(3,4)5)17(23-15(2)21)13-18(22-14)24-16-11-9-8-10-12-16/h14,16-19H,8-13H2,1-7H3/t14-,17-,18+,19-/m1/s1. The van der Waals surface area contributed by atoms with E-state index < -0.39 is 8.32 Å². The van der Waals surface area contributed by atoms with E-state index in [1.807, 2.05) is 6.92 Å². The van der Waals surface area contributed by atoms with Gasteiger partial charge in [0.05, 0.1) is 12.2 Å². The largest absolute Gasteiger partial charge is 0.460 e. The maximum absolute atomic E-state index is 11.7. The van der Waals surface area contributed by atoms with Gasteiger partial charge in [0, 0.05) is 13.3 Å². The number of rotatable bonds is 5. The molecular weight excluding hydrogens is 348 g/mol. The molecule has 2 rings (SSSR count). The van der Waals surface area contributed by atoms with Crippen molar-refractivity contribution in [2.75, 3.05) is 0 Å². The molecule has 152 valence electrons. The van der Waals surface area contributed by atoms with Crippen LogP contribution < -0.4 is 0 Å². The highest BCUT2D eigenvalue weighted by atomic mass is 28.4. The lowest BCUT2D eigenvalue weighted by molar-refractivity contribution is -0.262. The highest BCUT2D eigenvalue weighted by molar-refractivity contribution is 6.74. The zero-order valence-corrected chi connectivity index (χ0v) is 18.7. The van der Waals surface area contributed by atoms with Gasteiger partial charge in [0.15, 0.2) is 14.6 Å². The molecule has 6 heteroatoms. The van der Waals surface area contributed by atoms with Crippen molar-refractivity contribution in [2.24, 2.45) is 0 Å². The summed E-state index contributed by atoms with van der Waals surface area (Å²) in [6, 6.07) is 0. The molecule has 0 spiro atoms. The number of carbonyl (C=O) groups is 1. The van der Waals surface area contributed by atoms with Crippen LogP contribution in [-0.4, -0.2) is 45.0 Å². The second-order valence-corrected chi connectivity index (χ2v) is 14.1. The van der Waals surface area contributed by atoms with Crippen LogP contribution in [0.25, 0.3) is 0 Å². The molecule has 1 saturated heterocycles. The molecule has 1 saturated carbocycles. The summed E-state index contributed by atoms with van der Waals surface area (Å²) in [5.41, 5.74) is 0. The molecule has 0 N–H and O–H groups in total. The third-order valence-electron chi connectivity index (χ3n) is 6.07. The molecule has 4 atom stereocenters. The number of carbonyl (C=O) groups excluding carboxylic acids is 1. The fourth-order valence-corrected chi connectivity index (χ4v) is 4.90. The molecule has 1 aliphatic carbocycles. The minimum Gasteiger partial charge on any atom is -0.460 e. The lowest BCUT2D eigenvalue weighted by atomic mass is 9.97. The zero-order chi connectivity index (χ0) is 19.5. The van der Waals surface area contributed by atoms with E-state index in [0.717, 1.165) is 12.8 Å². The van der Waals surface area contributed by atoms with Gasteiger partial charge in [-0.3, -0.25) is 4.79 Å². The molecule has 0 aromatic heterocycles. The summed E-state index contributed by atoms with van der Waals surface area (Å²) in [7, 11) is -2.00. The lowest BCUT2D eigenvalue weighted by Gasteiger charge is -2.46. The van der Waals surface area contributed by atoms with Crippen LogP contribution in [0.5, 0.6) is 0 Å². The Morgan fingerprint density at radius 3 is 2.27 bits per heavy atom. The third-order valence-corrected chi connectivity index (χ3v) is 10.5. The first-order chi connectivity index (χ1) is 12.0. The molecule has 0 aromatic rings. The van der Waals surface area contributed by atoms with Gasteiger partial charge in [-0.25, -0.2) is 0 Å². The highest BCUT2D eigenvalue weighted by Gasteiger charge is 2.47. The Morgan fingerprint density at radius 2 is 1.73 bits per heavy atom. The molecule has 2 fully saturated rings. The highest BCUT2D eigenvalue weighted by Crippen LogP contribution is 2.40. The van der Waals surface area contributed by atoms with Crippen LogP contribution in [0.1, 0.15) is 73.1 Å². The van der Waals surface area contributed by atoms with Crippen LogP contribution in [0.3, 0.4) is 0 Å². The Balaban J connectivity index is 2.07. The van der Waals surface area contributed by atoms with Crippen molar-refractivity contribution in [3.05, 3.63) is 0 Å². The predicted octanol–water partition coefficient (Wildman–Crippen LogP) is 4.79. The molecule has 0 unspecified atom stereocenters. The Labute approximate surface area is 160 Å². The van der Waals surface area contributed by atoms with Gasteiger partial charge in [-0.2, -0.15) is 0 Å². The Morgan fingerprint density at radius 1 is 1.12 bits per heavy atom. The third kappa shape index (κ3) is 5.78. The Bertz CT molecular complexity index is 467. The maximum Gasteiger partial charge on any atom is 0.302 e. The van der Waals surface area contributed by atoms with Crippen molar-refractivity contribution in [1.82, 2.24) is 0 Å². The van der Waals surface area contributed by atoms with Gasteiger partial charge in [-0.05, 0) is 37.9 Å². The second-order valence-electron chi connectivity index (χ2n) is 9.39. The predicted molar refractivity (Wildman–Crippen MR) is 105 cm³/mol. The van der Waals surface area contributed by atoms with Gasteiger partial charge in [0.25, 0.3) is 0 Å². The molecule has 1 aliphatic heterocycles. The van der Waals surface area contributed by atoms with Crippen molar-refractivity contribution >= 4 is 14.3 Å². The fourth-order valence-electron chi connectivity index (χ4n) is 3.52. The molecule has 26 heavy (non-hydrogen) atoms. The van der Waals surface area contributed by atoms with E-state index in [4.69, 9.17) is 18.6 Å². The summed E-state index contributed by atoms with van der Waals surface area (Å²) in [4.78, 5) is 11.7. The fraction of sp³-hybridized carbons (Fsp3) is 0.950. The quantitative estimate of drug-likeness (QED) is 0.502. The Hall–Kier alpha value is -0.433. The minimum absolute atomic E-state index is 0.0862. The molecule has 0 amide bonds. The summed E-state index contributed by atoms with van der Waals surface area (Å²) in [5.74, 6) is -0.274. The summed E-state index contributed by atoms with van der Waals surface area (Å²) in [6.07, 6.45) is 5.66. The average Bonchev–Trinajstić information content (AvgIpc) is 2.50. The number of esters is 1. The molecule has 0 aromatic carbocycles. The van der Waals surface area contributed by atoms with Gasteiger partial charge >= 0.3 is 5.97 Å². The van der Waals surface area contributed by atoms with Gasteiger partial charge in [-0.15, -0.1) is 0 Å². The SMILES string of the molecule is CC(=O)O[C@@H]1C[C@H](OC2CCCCC2)O[C@H](C)[C@H]1O[Si](C)(C)C(C)(C)C. The monoisotopic (exact) mass is 386 g/mol. The lowest BCUT2D eigenvalue weighted by Crippen LogP contribution is -2.56. The summed E-state index contributed by atoms with van der Waals surface area (Å²) >= 11 is 0. The van der Waals surface area contributed by atoms with Gasteiger partial charge in [-0.1, -0.05) is 40.0 Å². The first kappa shape index (κ1) is 21.9. The minimum atomic E-state index is -2.00. The molecule has 2 aliphatic rings. The van der Waals surface area contributed by atoms with Crippen LogP contribution in [0, 0.1) is 0 Å². The maximum atomic E-state index is 11.7. The molecule has 5 nitrogen and oxygen atoms in total. The van der Waals surface area contributed by atoms with Crippen molar-refractivity contribution in [2.45, 2.75) is 122 Å². The van der Waals surface area contributed by atoms with E-state index >= 15 is 0 Å². The summed E-state index contributed by atoms with van der Waals surface area (Å²) in [6.45, 7) is 14.5. The first-order valence-electron chi connectivity index (χ1n) is 10.2.